The van der Waals surface area contributed by atoms with Crippen LogP contribution in [0.1, 0.15) is 5.56 Å². The Bertz CT molecular complexity index is 485. The number of pyridine rings is 1. The van der Waals surface area contributed by atoms with Gasteiger partial charge >= 0.3 is 0 Å². The van der Waals surface area contributed by atoms with Crippen molar-refractivity contribution < 1.29 is 0 Å². The Morgan fingerprint density at radius 3 is 2.79 bits per heavy atom. The molecule has 14 heavy (non-hydrogen) atoms. The third-order valence-corrected chi connectivity index (χ3v) is 2.92. The highest BCUT2D eigenvalue weighted by Gasteiger charge is 2.04. The van der Waals surface area contributed by atoms with E-state index in [0.717, 1.165) is 10.6 Å². The first-order chi connectivity index (χ1) is 6.81. The minimum absolute atomic E-state index is 0.262. The summed E-state index contributed by atoms with van der Waals surface area (Å²) in [6, 6.07) is 9.38. The number of rotatable bonds is 1. The van der Waals surface area contributed by atoms with Crippen molar-refractivity contribution in [1.29, 1.82) is 5.26 Å². The highest BCUT2D eigenvalue weighted by molar-refractivity contribution is 7.13. The number of nitriles is 1. The van der Waals surface area contributed by atoms with Gasteiger partial charge < -0.3 is 0 Å². The van der Waals surface area contributed by atoms with Crippen LogP contribution in [0.25, 0.3) is 10.6 Å². The Balaban J connectivity index is 2.49. The Labute approximate surface area is 90.4 Å². The number of nitrogens with zero attached hydrogens (tertiary/aromatic N) is 2. The van der Waals surface area contributed by atoms with Gasteiger partial charge in [0.15, 0.2) is 0 Å². The van der Waals surface area contributed by atoms with E-state index in [2.05, 4.69) is 4.98 Å². The molecule has 0 aliphatic rings. The summed E-state index contributed by atoms with van der Waals surface area (Å²) in [7, 11) is 0. The van der Waals surface area contributed by atoms with Crippen LogP contribution in [0.3, 0.4) is 0 Å². The van der Waals surface area contributed by atoms with Crippen molar-refractivity contribution in [2.45, 2.75) is 0 Å². The molecule has 2 nitrogen and oxygen atoms in total. The van der Waals surface area contributed by atoms with Crippen LogP contribution in [0.2, 0.25) is 5.15 Å². The zero-order chi connectivity index (χ0) is 9.97. The predicted octanol–water partition coefficient (Wildman–Crippen LogP) is 3.34. The summed E-state index contributed by atoms with van der Waals surface area (Å²) in [6.45, 7) is 0. The van der Waals surface area contributed by atoms with Gasteiger partial charge in [-0.1, -0.05) is 17.7 Å². The maximum Gasteiger partial charge on any atom is 0.147 e. The van der Waals surface area contributed by atoms with Crippen LogP contribution in [0.5, 0.6) is 0 Å². The minimum Gasteiger partial charge on any atom is -0.234 e. The number of hydrogen-bond acceptors (Lipinski definition) is 3. The molecular weight excluding hydrogens is 216 g/mol. The van der Waals surface area contributed by atoms with Crippen molar-refractivity contribution in [3.8, 4) is 16.6 Å². The monoisotopic (exact) mass is 220 g/mol. The van der Waals surface area contributed by atoms with E-state index < -0.39 is 0 Å². The first kappa shape index (κ1) is 9.20. The van der Waals surface area contributed by atoms with E-state index in [1.807, 2.05) is 23.6 Å². The summed E-state index contributed by atoms with van der Waals surface area (Å²) < 4.78 is 0. The molecule has 0 atom stereocenters. The summed E-state index contributed by atoms with van der Waals surface area (Å²) in [5.41, 5.74) is 1.22. The lowest BCUT2D eigenvalue weighted by atomic mass is 10.2. The fourth-order valence-electron chi connectivity index (χ4n) is 1.08. The van der Waals surface area contributed by atoms with Gasteiger partial charge in [0, 0.05) is 0 Å². The predicted molar refractivity (Wildman–Crippen MR) is 57.3 cm³/mol. The maximum atomic E-state index is 8.67. The van der Waals surface area contributed by atoms with Crippen LogP contribution >= 0.6 is 22.9 Å². The largest absolute Gasteiger partial charge is 0.234 e. The number of halogens is 1. The summed E-state index contributed by atoms with van der Waals surface area (Å²) in [5.74, 6) is 0. The van der Waals surface area contributed by atoms with Crippen molar-refractivity contribution >= 4 is 22.9 Å². The van der Waals surface area contributed by atoms with E-state index >= 15 is 0 Å². The molecule has 0 N–H and O–H groups in total. The molecule has 0 saturated carbocycles. The van der Waals surface area contributed by atoms with E-state index in [1.54, 1.807) is 23.5 Å². The van der Waals surface area contributed by atoms with Gasteiger partial charge in [0.2, 0.25) is 0 Å². The number of aromatic nitrogens is 1. The molecule has 0 amide bonds. The molecule has 2 aromatic heterocycles. The van der Waals surface area contributed by atoms with Gasteiger partial charge in [-0.05, 0) is 23.6 Å². The summed E-state index contributed by atoms with van der Waals surface area (Å²) in [4.78, 5) is 5.19. The molecule has 2 heterocycles. The van der Waals surface area contributed by atoms with Gasteiger partial charge in [-0.25, -0.2) is 4.98 Å². The smallest absolute Gasteiger partial charge is 0.147 e. The Morgan fingerprint density at radius 1 is 1.36 bits per heavy atom. The Hall–Kier alpha value is -1.37. The fraction of sp³-hybridized carbons (Fsp3) is 0. The van der Waals surface area contributed by atoms with Crippen molar-refractivity contribution in [3.05, 3.63) is 40.4 Å². The normalized spacial score (nSPS) is 9.71. The molecule has 4 heteroatoms. The third-order valence-electron chi connectivity index (χ3n) is 1.74. The van der Waals surface area contributed by atoms with Crippen molar-refractivity contribution in [1.82, 2.24) is 4.98 Å². The molecular formula is C10H5ClN2S. The molecule has 0 aromatic carbocycles. The lowest BCUT2D eigenvalue weighted by Crippen LogP contribution is -1.85. The molecule has 0 radical (unpaired) electrons. The quantitative estimate of drug-likeness (QED) is 0.692. The minimum atomic E-state index is 0.262. The lowest BCUT2D eigenvalue weighted by Gasteiger charge is -1.98. The molecule has 0 fully saturated rings. The van der Waals surface area contributed by atoms with E-state index in [1.165, 1.54) is 0 Å². The van der Waals surface area contributed by atoms with Gasteiger partial charge in [-0.2, -0.15) is 5.26 Å². The molecule has 0 aliphatic carbocycles. The summed E-state index contributed by atoms with van der Waals surface area (Å²) in [6.07, 6.45) is 0. The second-order valence-electron chi connectivity index (χ2n) is 2.62. The molecule has 0 saturated heterocycles. The lowest BCUT2D eigenvalue weighted by molar-refractivity contribution is 1.31. The number of thiophene rings is 1. The first-order valence-electron chi connectivity index (χ1n) is 3.92. The maximum absolute atomic E-state index is 8.67. The number of hydrogen-bond donors (Lipinski definition) is 0. The molecule has 0 aliphatic heterocycles. The van der Waals surface area contributed by atoms with Crippen molar-refractivity contribution in [3.63, 3.8) is 0 Å². The average molecular weight is 221 g/mol. The van der Waals surface area contributed by atoms with E-state index in [4.69, 9.17) is 16.9 Å². The highest BCUT2D eigenvalue weighted by Crippen LogP contribution is 2.25. The topological polar surface area (TPSA) is 36.7 Å². The molecule has 0 bridgehead atoms. The van der Waals surface area contributed by atoms with E-state index in [9.17, 15) is 0 Å². The van der Waals surface area contributed by atoms with Gasteiger partial charge in [-0.15, -0.1) is 11.3 Å². The summed E-state index contributed by atoms with van der Waals surface area (Å²) in [5, 5.41) is 10.9. The second-order valence-corrected chi connectivity index (χ2v) is 3.93. The van der Waals surface area contributed by atoms with Gasteiger partial charge in [0.1, 0.15) is 11.2 Å². The Kier molecular flexibility index (Phi) is 2.49. The zero-order valence-electron chi connectivity index (χ0n) is 7.07. The second kappa shape index (κ2) is 3.79. The fourth-order valence-corrected chi connectivity index (χ4v) is 1.97. The van der Waals surface area contributed by atoms with E-state index in [0.29, 0.717) is 5.56 Å². The van der Waals surface area contributed by atoms with Gasteiger partial charge in [-0.3, -0.25) is 0 Å². The SMILES string of the molecule is N#Cc1ccc(-c2cccs2)nc1Cl. The van der Waals surface area contributed by atoms with Crippen LogP contribution < -0.4 is 0 Å². The molecule has 2 rings (SSSR count). The highest BCUT2D eigenvalue weighted by atomic mass is 35.5. The molecule has 2 aromatic rings. The van der Waals surface area contributed by atoms with Gasteiger partial charge in [0.05, 0.1) is 16.1 Å². The van der Waals surface area contributed by atoms with Crippen LogP contribution in [0, 0.1) is 11.3 Å². The molecule has 0 unspecified atom stereocenters. The molecule has 0 spiro atoms. The van der Waals surface area contributed by atoms with Crippen LogP contribution in [0.15, 0.2) is 29.6 Å². The average Bonchev–Trinajstić information content (AvgIpc) is 2.70. The van der Waals surface area contributed by atoms with E-state index in [-0.39, 0.29) is 5.15 Å². The third kappa shape index (κ3) is 1.63. The van der Waals surface area contributed by atoms with Crippen LogP contribution in [-0.4, -0.2) is 4.98 Å². The first-order valence-corrected chi connectivity index (χ1v) is 5.17. The summed E-state index contributed by atoms with van der Waals surface area (Å²) >= 11 is 7.41. The van der Waals surface area contributed by atoms with Crippen LogP contribution in [-0.2, 0) is 0 Å². The zero-order valence-corrected chi connectivity index (χ0v) is 8.64. The Morgan fingerprint density at radius 2 is 2.21 bits per heavy atom. The molecule has 68 valence electrons. The standard InChI is InChI=1S/C10H5ClN2S/c11-10-7(6-12)3-4-8(13-10)9-2-1-5-14-9/h1-5H. The van der Waals surface area contributed by atoms with Crippen molar-refractivity contribution in [2.75, 3.05) is 0 Å². The van der Waals surface area contributed by atoms with Crippen molar-refractivity contribution in [2.24, 2.45) is 0 Å². The van der Waals surface area contributed by atoms with Gasteiger partial charge in [0.25, 0.3) is 0 Å². The van der Waals surface area contributed by atoms with Crippen LogP contribution in [0.4, 0.5) is 0 Å².